The minimum Gasteiger partial charge on any atom is -0.343 e. The van der Waals surface area contributed by atoms with Crippen LogP contribution in [0.1, 0.15) is 38.2 Å². The Morgan fingerprint density at radius 2 is 2.00 bits per heavy atom. The third-order valence-electron chi connectivity index (χ3n) is 4.06. The minimum absolute atomic E-state index is 0.100. The second-order valence-corrected chi connectivity index (χ2v) is 7.62. The van der Waals surface area contributed by atoms with Crippen molar-refractivity contribution in [3.63, 3.8) is 0 Å². The first-order valence-corrected chi connectivity index (χ1v) is 9.38. The zero-order valence-electron chi connectivity index (χ0n) is 13.5. The fourth-order valence-corrected chi connectivity index (χ4v) is 4.35. The molecule has 1 aromatic carbocycles. The molecule has 0 saturated carbocycles. The van der Waals surface area contributed by atoms with Crippen LogP contribution in [0.3, 0.4) is 0 Å². The van der Waals surface area contributed by atoms with E-state index in [2.05, 4.69) is 4.72 Å². The molecule has 1 aliphatic rings. The van der Waals surface area contributed by atoms with E-state index in [1.165, 1.54) is 12.1 Å². The van der Waals surface area contributed by atoms with E-state index in [0.29, 0.717) is 37.9 Å². The number of halogens is 1. The van der Waals surface area contributed by atoms with Crippen LogP contribution in [-0.4, -0.2) is 38.4 Å². The monoisotopic (exact) mass is 342 g/mol. The third-order valence-corrected chi connectivity index (χ3v) is 5.74. The summed E-state index contributed by atoms with van der Waals surface area (Å²) in [5, 5.41) is 0. The molecule has 0 atom stereocenters. The average Bonchev–Trinajstić information content (AvgIpc) is 2.47. The molecule has 0 spiro atoms. The van der Waals surface area contributed by atoms with Crippen molar-refractivity contribution in [1.82, 2.24) is 9.62 Å². The van der Waals surface area contributed by atoms with Gasteiger partial charge in [0.2, 0.25) is 15.9 Å². The molecule has 1 amide bonds. The van der Waals surface area contributed by atoms with Crippen molar-refractivity contribution in [3.8, 4) is 0 Å². The van der Waals surface area contributed by atoms with Crippen LogP contribution < -0.4 is 4.72 Å². The standard InChI is InChI=1S/C16H23FN2O3S/c1-3-4-16(20)19-9-7-14(8-10-19)18-23(21,22)15-6-5-13(17)11-12(15)2/h5-6,11,14,18H,3-4,7-10H2,1-2H3. The van der Waals surface area contributed by atoms with E-state index in [-0.39, 0.29) is 16.8 Å². The second kappa shape index (κ2) is 7.40. The van der Waals surface area contributed by atoms with Gasteiger partial charge < -0.3 is 4.90 Å². The molecule has 128 valence electrons. The summed E-state index contributed by atoms with van der Waals surface area (Å²) in [7, 11) is -3.68. The normalized spacial score (nSPS) is 16.6. The van der Waals surface area contributed by atoms with Gasteiger partial charge in [0.1, 0.15) is 5.82 Å². The van der Waals surface area contributed by atoms with Gasteiger partial charge in [-0.25, -0.2) is 17.5 Å². The van der Waals surface area contributed by atoms with Crippen LogP contribution in [-0.2, 0) is 14.8 Å². The molecule has 7 heteroatoms. The number of aryl methyl sites for hydroxylation is 1. The highest BCUT2D eigenvalue weighted by molar-refractivity contribution is 7.89. The van der Waals surface area contributed by atoms with Gasteiger partial charge in [-0.3, -0.25) is 4.79 Å². The number of nitrogens with zero attached hydrogens (tertiary/aromatic N) is 1. The van der Waals surface area contributed by atoms with Gasteiger partial charge in [0.05, 0.1) is 4.90 Å². The van der Waals surface area contributed by atoms with Crippen molar-refractivity contribution in [2.45, 2.75) is 50.5 Å². The molecule has 0 unspecified atom stereocenters. The lowest BCUT2D eigenvalue weighted by Gasteiger charge is -2.32. The number of hydrogen-bond donors (Lipinski definition) is 1. The Labute approximate surface area is 136 Å². The van der Waals surface area contributed by atoms with Gasteiger partial charge in [0, 0.05) is 25.6 Å². The van der Waals surface area contributed by atoms with E-state index in [1.54, 1.807) is 11.8 Å². The Kier molecular flexibility index (Phi) is 5.75. The van der Waals surface area contributed by atoms with E-state index in [0.717, 1.165) is 12.5 Å². The molecule has 0 aliphatic carbocycles. The highest BCUT2D eigenvalue weighted by atomic mass is 32.2. The fourth-order valence-electron chi connectivity index (χ4n) is 2.82. The van der Waals surface area contributed by atoms with Crippen LogP contribution in [0.2, 0.25) is 0 Å². The highest BCUT2D eigenvalue weighted by Crippen LogP contribution is 2.19. The smallest absolute Gasteiger partial charge is 0.241 e. The summed E-state index contributed by atoms with van der Waals surface area (Å²) < 4.78 is 40.7. The summed E-state index contributed by atoms with van der Waals surface area (Å²) in [5.41, 5.74) is 0.382. The van der Waals surface area contributed by atoms with Crippen LogP contribution in [0.25, 0.3) is 0 Å². The van der Waals surface area contributed by atoms with Crippen molar-refractivity contribution >= 4 is 15.9 Å². The quantitative estimate of drug-likeness (QED) is 0.892. The van der Waals surface area contributed by atoms with Crippen molar-refractivity contribution in [2.24, 2.45) is 0 Å². The number of nitrogens with one attached hydrogen (secondary N) is 1. The summed E-state index contributed by atoms with van der Waals surface area (Å²) in [6, 6.07) is 3.44. The van der Waals surface area contributed by atoms with Crippen molar-refractivity contribution in [2.75, 3.05) is 13.1 Å². The van der Waals surface area contributed by atoms with Crippen LogP contribution in [0.4, 0.5) is 4.39 Å². The molecule has 0 bridgehead atoms. The molecule has 1 saturated heterocycles. The van der Waals surface area contributed by atoms with E-state index in [4.69, 9.17) is 0 Å². The molecule has 23 heavy (non-hydrogen) atoms. The number of sulfonamides is 1. The van der Waals surface area contributed by atoms with Crippen molar-refractivity contribution in [1.29, 1.82) is 0 Å². The summed E-state index contributed by atoms with van der Waals surface area (Å²) in [5.74, 6) is -0.326. The zero-order chi connectivity index (χ0) is 17.0. The topological polar surface area (TPSA) is 66.5 Å². The van der Waals surface area contributed by atoms with Crippen LogP contribution in [0.15, 0.2) is 23.1 Å². The molecule has 1 aromatic rings. The lowest BCUT2D eigenvalue weighted by Crippen LogP contribution is -2.46. The van der Waals surface area contributed by atoms with E-state index < -0.39 is 15.8 Å². The van der Waals surface area contributed by atoms with Gasteiger partial charge in [-0.2, -0.15) is 0 Å². The van der Waals surface area contributed by atoms with Gasteiger partial charge in [0.15, 0.2) is 0 Å². The Balaban J connectivity index is 1.99. The molecular weight excluding hydrogens is 319 g/mol. The first-order valence-electron chi connectivity index (χ1n) is 7.89. The molecule has 0 aromatic heterocycles. The minimum atomic E-state index is -3.68. The number of piperidine rings is 1. The zero-order valence-corrected chi connectivity index (χ0v) is 14.3. The molecule has 1 heterocycles. The van der Waals surface area contributed by atoms with Gasteiger partial charge in [0.25, 0.3) is 0 Å². The second-order valence-electron chi connectivity index (χ2n) is 5.94. The predicted octanol–water partition coefficient (Wildman–Crippen LogP) is 2.20. The Morgan fingerprint density at radius 1 is 1.35 bits per heavy atom. The highest BCUT2D eigenvalue weighted by Gasteiger charge is 2.27. The molecule has 5 nitrogen and oxygen atoms in total. The first-order chi connectivity index (χ1) is 10.8. The molecule has 1 N–H and O–H groups in total. The largest absolute Gasteiger partial charge is 0.343 e. The van der Waals surface area contributed by atoms with Crippen LogP contribution in [0, 0.1) is 12.7 Å². The number of likely N-dealkylation sites (tertiary alicyclic amines) is 1. The fraction of sp³-hybridized carbons (Fsp3) is 0.562. The third kappa shape index (κ3) is 4.51. The SMILES string of the molecule is CCCC(=O)N1CCC(NS(=O)(=O)c2ccc(F)cc2C)CC1. The Hall–Kier alpha value is -1.47. The van der Waals surface area contributed by atoms with E-state index in [1.807, 2.05) is 6.92 Å². The summed E-state index contributed by atoms with van der Waals surface area (Å²) in [6.07, 6.45) is 2.53. The number of carbonyl (C=O) groups excluding carboxylic acids is 1. The molecule has 2 rings (SSSR count). The summed E-state index contributed by atoms with van der Waals surface area (Å²) in [4.78, 5) is 13.7. The lowest BCUT2D eigenvalue weighted by molar-refractivity contribution is -0.132. The van der Waals surface area contributed by atoms with Crippen molar-refractivity contribution in [3.05, 3.63) is 29.6 Å². The Morgan fingerprint density at radius 3 is 2.57 bits per heavy atom. The number of rotatable bonds is 5. The number of hydrogen-bond acceptors (Lipinski definition) is 3. The molecule has 1 fully saturated rings. The van der Waals surface area contributed by atoms with Crippen LogP contribution in [0.5, 0.6) is 0 Å². The maximum atomic E-state index is 13.1. The molecule has 1 aliphatic heterocycles. The predicted molar refractivity (Wildman–Crippen MR) is 86.0 cm³/mol. The van der Waals surface area contributed by atoms with Crippen LogP contribution >= 0.6 is 0 Å². The van der Waals surface area contributed by atoms with Gasteiger partial charge >= 0.3 is 0 Å². The Bertz CT molecular complexity index is 668. The van der Waals surface area contributed by atoms with E-state index >= 15 is 0 Å². The number of amides is 1. The van der Waals surface area contributed by atoms with Gasteiger partial charge in [-0.15, -0.1) is 0 Å². The van der Waals surface area contributed by atoms with Gasteiger partial charge in [-0.1, -0.05) is 6.92 Å². The molecular formula is C16H23FN2O3S. The summed E-state index contributed by atoms with van der Waals surface area (Å²) in [6.45, 7) is 4.66. The maximum absolute atomic E-state index is 13.1. The van der Waals surface area contributed by atoms with Gasteiger partial charge in [-0.05, 0) is 49.9 Å². The van der Waals surface area contributed by atoms with Crippen molar-refractivity contribution < 1.29 is 17.6 Å². The van der Waals surface area contributed by atoms with E-state index in [9.17, 15) is 17.6 Å². The average molecular weight is 342 g/mol. The maximum Gasteiger partial charge on any atom is 0.241 e. The first kappa shape index (κ1) is 17.9. The lowest BCUT2D eigenvalue weighted by atomic mass is 10.1. The molecule has 0 radical (unpaired) electrons. The number of carbonyl (C=O) groups is 1. The number of benzene rings is 1. The summed E-state index contributed by atoms with van der Waals surface area (Å²) >= 11 is 0.